The van der Waals surface area contributed by atoms with Gasteiger partial charge in [0.1, 0.15) is 5.82 Å². The van der Waals surface area contributed by atoms with Crippen molar-refractivity contribution in [1.82, 2.24) is 4.90 Å². The van der Waals surface area contributed by atoms with Gasteiger partial charge < -0.3 is 10.0 Å². The normalized spacial score (nSPS) is 33.2. The van der Waals surface area contributed by atoms with Crippen LogP contribution in [-0.2, 0) is 9.59 Å². The van der Waals surface area contributed by atoms with Crippen molar-refractivity contribution in [1.29, 1.82) is 0 Å². The molecule has 1 aromatic rings. The second kappa shape index (κ2) is 5.55. The third-order valence-electron chi connectivity index (χ3n) is 6.08. The van der Waals surface area contributed by atoms with Gasteiger partial charge in [-0.05, 0) is 37.3 Å². The highest BCUT2D eigenvalue weighted by atomic mass is 19.1. The smallest absolute Gasteiger partial charge is 0.311 e. The Kier molecular flexibility index (Phi) is 3.60. The maximum absolute atomic E-state index is 14.0. The number of aliphatic carboxylic acids is 1. The number of nitrogens with zero attached hydrogens (tertiary/aromatic N) is 2. The van der Waals surface area contributed by atoms with Gasteiger partial charge in [0.2, 0.25) is 5.91 Å². The average molecular weight is 332 g/mol. The molecule has 1 aromatic carbocycles. The van der Waals surface area contributed by atoms with Crippen molar-refractivity contribution in [3.05, 3.63) is 30.1 Å². The van der Waals surface area contributed by atoms with E-state index in [1.165, 1.54) is 11.0 Å². The summed E-state index contributed by atoms with van der Waals surface area (Å²) < 4.78 is 14.0. The van der Waals surface area contributed by atoms with Crippen LogP contribution in [0.25, 0.3) is 0 Å². The Morgan fingerprint density at radius 3 is 2.79 bits per heavy atom. The number of rotatable bonds is 3. The lowest BCUT2D eigenvalue weighted by Crippen LogP contribution is -2.43. The van der Waals surface area contributed by atoms with Crippen molar-refractivity contribution >= 4 is 17.6 Å². The first-order chi connectivity index (χ1) is 11.5. The third kappa shape index (κ3) is 2.16. The predicted molar refractivity (Wildman–Crippen MR) is 86.1 cm³/mol. The standard InChI is InChI=1S/C18H21FN2O3/c19-13-5-1-2-6-14(13)21-9-7-15(16(21)22)20-10-12-4-3-8-18(12,11-20)17(23)24/h1-2,5-6,12,15H,3-4,7-11H2,(H,23,24)/t12-,15?,18+/m0/s1. The fourth-order valence-corrected chi connectivity index (χ4v) is 4.83. The Balaban J connectivity index is 1.54. The summed E-state index contributed by atoms with van der Waals surface area (Å²) in [7, 11) is 0. The van der Waals surface area contributed by atoms with Gasteiger partial charge in [0, 0.05) is 19.6 Å². The van der Waals surface area contributed by atoms with Crippen LogP contribution in [0.5, 0.6) is 0 Å². The van der Waals surface area contributed by atoms with Crippen LogP contribution >= 0.6 is 0 Å². The molecule has 0 spiro atoms. The first-order valence-electron chi connectivity index (χ1n) is 8.56. The maximum atomic E-state index is 14.0. The molecule has 2 heterocycles. The van der Waals surface area contributed by atoms with Crippen LogP contribution < -0.4 is 4.90 Å². The number of para-hydroxylation sites is 1. The van der Waals surface area contributed by atoms with Crippen LogP contribution in [0.2, 0.25) is 0 Å². The van der Waals surface area contributed by atoms with Crippen molar-refractivity contribution in [3.8, 4) is 0 Å². The van der Waals surface area contributed by atoms with E-state index in [-0.39, 0.29) is 17.9 Å². The molecule has 0 aromatic heterocycles. The molecule has 3 fully saturated rings. The van der Waals surface area contributed by atoms with Gasteiger partial charge in [0.15, 0.2) is 0 Å². The average Bonchev–Trinajstić information content (AvgIpc) is 3.20. The number of carbonyl (C=O) groups is 2. The molecule has 4 rings (SSSR count). The molecule has 1 saturated carbocycles. The fraction of sp³-hybridized carbons (Fsp3) is 0.556. The summed E-state index contributed by atoms with van der Waals surface area (Å²) in [6.45, 7) is 1.58. The first-order valence-corrected chi connectivity index (χ1v) is 8.56. The van der Waals surface area contributed by atoms with Crippen molar-refractivity contribution < 1.29 is 19.1 Å². The molecule has 5 nitrogen and oxygen atoms in total. The van der Waals surface area contributed by atoms with Crippen LogP contribution in [0.1, 0.15) is 25.7 Å². The van der Waals surface area contributed by atoms with Gasteiger partial charge in [-0.25, -0.2) is 4.39 Å². The Morgan fingerprint density at radius 1 is 1.29 bits per heavy atom. The zero-order chi connectivity index (χ0) is 16.9. The lowest BCUT2D eigenvalue weighted by Gasteiger charge is -2.26. The van der Waals surface area contributed by atoms with Gasteiger partial charge in [-0.15, -0.1) is 0 Å². The van der Waals surface area contributed by atoms with E-state index in [4.69, 9.17) is 0 Å². The summed E-state index contributed by atoms with van der Waals surface area (Å²) >= 11 is 0. The summed E-state index contributed by atoms with van der Waals surface area (Å²) in [6, 6.07) is 5.97. The number of anilines is 1. The van der Waals surface area contributed by atoms with Gasteiger partial charge in [-0.2, -0.15) is 0 Å². The molecule has 128 valence electrons. The van der Waals surface area contributed by atoms with E-state index in [0.717, 1.165) is 12.8 Å². The first kappa shape index (κ1) is 15.6. The number of fused-ring (bicyclic) bond motifs is 1. The lowest BCUT2D eigenvalue weighted by atomic mass is 9.81. The summed E-state index contributed by atoms with van der Waals surface area (Å²) in [4.78, 5) is 28.1. The number of carboxylic acids is 1. The van der Waals surface area contributed by atoms with Crippen molar-refractivity contribution in [2.24, 2.45) is 11.3 Å². The van der Waals surface area contributed by atoms with Gasteiger partial charge in [0.25, 0.3) is 0 Å². The highest BCUT2D eigenvalue weighted by molar-refractivity contribution is 5.99. The number of hydrogen-bond acceptors (Lipinski definition) is 3. The molecule has 0 bridgehead atoms. The molecule has 3 aliphatic rings. The topological polar surface area (TPSA) is 60.9 Å². The third-order valence-corrected chi connectivity index (χ3v) is 6.08. The molecule has 2 saturated heterocycles. The Labute approximate surface area is 140 Å². The molecule has 1 unspecified atom stereocenters. The minimum Gasteiger partial charge on any atom is -0.481 e. The highest BCUT2D eigenvalue weighted by Gasteiger charge is 2.57. The monoisotopic (exact) mass is 332 g/mol. The van der Waals surface area contributed by atoms with Crippen LogP contribution in [0, 0.1) is 17.2 Å². The Morgan fingerprint density at radius 2 is 2.08 bits per heavy atom. The largest absolute Gasteiger partial charge is 0.481 e. The van der Waals surface area contributed by atoms with Gasteiger partial charge in [-0.3, -0.25) is 14.5 Å². The second-order valence-electron chi connectivity index (χ2n) is 7.23. The fourth-order valence-electron chi connectivity index (χ4n) is 4.83. The minimum atomic E-state index is -0.732. The lowest BCUT2D eigenvalue weighted by molar-refractivity contribution is -0.149. The SMILES string of the molecule is O=C1C(N2C[C@@H]3CCC[C@@]3(C(=O)O)C2)CCN1c1ccccc1F. The molecule has 3 atom stereocenters. The number of hydrogen-bond donors (Lipinski definition) is 1. The van der Waals surface area contributed by atoms with Gasteiger partial charge in [0.05, 0.1) is 17.1 Å². The number of likely N-dealkylation sites (tertiary alicyclic amines) is 1. The van der Waals surface area contributed by atoms with E-state index < -0.39 is 17.2 Å². The van der Waals surface area contributed by atoms with Gasteiger partial charge in [-0.1, -0.05) is 18.6 Å². The van der Waals surface area contributed by atoms with Gasteiger partial charge >= 0.3 is 5.97 Å². The quantitative estimate of drug-likeness (QED) is 0.921. The molecule has 2 aliphatic heterocycles. The van der Waals surface area contributed by atoms with Crippen LogP contribution in [0.4, 0.5) is 10.1 Å². The summed E-state index contributed by atoms with van der Waals surface area (Å²) in [5.41, 5.74) is -0.372. The minimum absolute atomic E-state index is 0.111. The van der Waals surface area contributed by atoms with Crippen molar-refractivity contribution in [3.63, 3.8) is 0 Å². The molecule has 24 heavy (non-hydrogen) atoms. The number of carbonyl (C=O) groups excluding carboxylic acids is 1. The molecule has 1 N–H and O–H groups in total. The maximum Gasteiger partial charge on any atom is 0.311 e. The zero-order valence-electron chi connectivity index (χ0n) is 13.4. The van der Waals surface area contributed by atoms with E-state index in [9.17, 15) is 19.1 Å². The molecular weight excluding hydrogens is 311 g/mol. The molecule has 1 amide bonds. The molecule has 0 radical (unpaired) electrons. The predicted octanol–water partition coefficient (Wildman–Crippen LogP) is 2.12. The highest BCUT2D eigenvalue weighted by Crippen LogP contribution is 2.50. The van der Waals surface area contributed by atoms with E-state index in [2.05, 4.69) is 0 Å². The van der Waals surface area contributed by atoms with E-state index in [0.29, 0.717) is 38.2 Å². The summed E-state index contributed by atoms with van der Waals surface area (Å²) in [5, 5.41) is 9.70. The van der Waals surface area contributed by atoms with Crippen LogP contribution in [-0.4, -0.2) is 47.6 Å². The van der Waals surface area contributed by atoms with Crippen molar-refractivity contribution in [2.45, 2.75) is 31.7 Å². The Bertz CT molecular complexity index is 695. The number of carboxylic acid groups (broad SMARTS) is 1. The molecular formula is C18H21FN2O3. The molecule has 1 aliphatic carbocycles. The Hall–Kier alpha value is -1.95. The zero-order valence-corrected chi connectivity index (χ0v) is 13.4. The van der Waals surface area contributed by atoms with E-state index >= 15 is 0 Å². The summed E-state index contributed by atoms with van der Waals surface area (Å²) in [5.74, 6) is -1.11. The van der Waals surface area contributed by atoms with E-state index in [1.807, 2.05) is 4.90 Å². The number of halogens is 1. The summed E-state index contributed by atoms with van der Waals surface area (Å²) in [6.07, 6.45) is 3.18. The molecule has 6 heteroatoms. The second-order valence-corrected chi connectivity index (χ2v) is 7.23. The van der Waals surface area contributed by atoms with Crippen molar-refractivity contribution in [2.75, 3.05) is 24.5 Å². The van der Waals surface area contributed by atoms with Crippen LogP contribution in [0.15, 0.2) is 24.3 Å². The van der Waals surface area contributed by atoms with E-state index in [1.54, 1.807) is 18.2 Å². The number of amides is 1. The van der Waals surface area contributed by atoms with Crippen LogP contribution in [0.3, 0.4) is 0 Å². The number of benzene rings is 1.